The van der Waals surface area contributed by atoms with Crippen molar-refractivity contribution in [2.45, 2.75) is 27.7 Å². The molecule has 0 amide bonds. The monoisotopic (exact) mass is 177 g/mol. The molecule has 2 heteroatoms. The zero-order chi connectivity index (χ0) is 9.84. The smallest absolute Gasteiger partial charge is 0.162 e. The van der Waals surface area contributed by atoms with Crippen molar-refractivity contribution >= 4 is 5.57 Å². The van der Waals surface area contributed by atoms with Crippen LogP contribution >= 0.6 is 0 Å². The summed E-state index contributed by atoms with van der Waals surface area (Å²) in [4.78, 5) is 0. The predicted octanol–water partition coefficient (Wildman–Crippen LogP) is 3.35. The molecule has 1 rings (SSSR count). The van der Waals surface area contributed by atoms with E-state index < -0.39 is 0 Å². The third-order valence-electron chi connectivity index (χ3n) is 1.68. The maximum atomic E-state index is 5.11. The molecule has 1 aromatic rings. The van der Waals surface area contributed by atoms with Gasteiger partial charge >= 0.3 is 0 Å². The number of hydrogen-bond acceptors (Lipinski definition) is 2. The second kappa shape index (κ2) is 4.08. The molecule has 0 radical (unpaired) electrons. The first-order valence-electron chi connectivity index (χ1n) is 4.35. The van der Waals surface area contributed by atoms with E-state index in [0.29, 0.717) is 0 Å². The number of hydrogen-bond donors (Lipinski definition) is 0. The summed E-state index contributed by atoms with van der Waals surface area (Å²) in [5, 5.41) is 3.83. The van der Waals surface area contributed by atoms with E-state index in [0.717, 1.165) is 17.0 Å². The van der Waals surface area contributed by atoms with E-state index in [1.54, 1.807) is 0 Å². The molecule has 1 heterocycles. The first-order valence-corrected chi connectivity index (χ1v) is 4.35. The van der Waals surface area contributed by atoms with Crippen LogP contribution in [0.1, 0.15) is 32.2 Å². The number of nitrogens with zero attached hydrogens (tertiary/aromatic N) is 1. The molecule has 0 spiro atoms. The van der Waals surface area contributed by atoms with Crippen LogP contribution in [0, 0.1) is 6.92 Å². The van der Waals surface area contributed by atoms with E-state index in [2.05, 4.69) is 25.1 Å². The third kappa shape index (κ3) is 2.90. The van der Waals surface area contributed by atoms with Gasteiger partial charge in [0.05, 0.1) is 5.69 Å². The fourth-order valence-corrected chi connectivity index (χ4v) is 0.923. The highest BCUT2D eigenvalue weighted by Gasteiger charge is 2.00. The van der Waals surface area contributed by atoms with Gasteiger partial charge in [-0.3, -0.25) is 0 Å². The van der Waals surface area contributed by atoms with E-state index in [1.165, 1.54) is 5.57 Å². The number of allylic oxidation sites excluding steroid dienone is 4. The molecule has 70 valence electrons. The lowest BCUT2D eigenvalue weighted by Crippen LogP contribution is -1.72. The Hall–Kier alpha value is -1.31. The maximum Gasteiger partial charge on any atom is 0.162 e. The van der Waals surface area contributed by atoms with Crippen LogP contribution in [0.25, 0.3) is 5.57 Å². The van der Waals surface area contributed by atoms with Crippen LogP contribution in [0.4, 0.5) is 0 Å². The van der Waals surface area contributed by atoms with Crippen LogP contribution in [0.2, 0.25) is 0 Å². The zero-order valence-electron chi connectivity index (χ0n) is 8.59. The van der Waals surface area contributed by atoms with Crippen LogP contribution in [0.15, 0.2) is 28.3 Å². The van der Waals surface area contributed by atoms with Crippen LogP contribution in [-0.2, 0) is 0 Å². The van der Waals surface area contributed by atoms with Gasteiger partial charge in [-0.1, -0.05) is 22.9 Å². The van der Waals surface area contributed by atoms with Crippen LogP contribution in [-0.4, -0.2) is 5.16 Å². The largest absolute Gasteiger partial charge is 0.356 e. The topological polar surface area (TPSA) is 26.0 Å². The molecule has 0 aliphatic heterocycles. The zero-order valence-corrected chi connectivity index (χ0v) is 8.59. The Morgan fingerprint density at radius 2 is 2.00 bits per heavy atom. The molecule has 2 nitrogen and oxygen atoms in total. The lowest BCUT2D eigenvalue weighted by molar-refractivity contribution is 0.405. The SMILES string of the molecule is CC(C)=C/C=C(\C)c1cc(C)no1. The van der Waals surface area contributed by atoms with Crippen LogP contribution in [0.3, 0.4) is 0 Å². The van der Waals surface area contributed by atoms with Gasteiger partial charge in [-0.15, -0.1) is 0 Å². The molecule has 0 aliphatic rings. The number of rotatable bonds is 2. The standard InChI is InChI=1S/C11H15NO/c1-8(2)5-6-9(3)11-7-10(4)12-13-11/h5-7H,1-4H3/b9-6+. The van der Waals surface area contributed by atoms with Gasteiger partial charge in [0.2, 0.25) is 0 Å². The molecule has 0 bridgehead atoms. The van der Waals surface area contributed by atoms with Gasteiger partial charge in [0, 0.05) is 6.07 Å². The Morgan fingerprint density at radius 3 is 2.46 bits per heavy atom. The van der Waals surface area contributed by atoms with Crippen molar-refractivity contribution in [3.05, 3.63) is 35.2 Å². The average molecular weight is 177 g/mol. The third-order valence-corrected chi connectivity index (χ3v) is 1.68. The highest BCUT2D eigenvalue weighted by atomic mass is 16.5. The van der Waals surface area contributed by atoms with Crippen LogP contribution in [0.5, 0.6) is 0 Å². The van der Waals surface area contributed by atoms with E-state index in [9.17, 15) is 0 Å². The van der Waals surface area contributed by atoms with E-state index in [1.807, 2.05) is 26.0 Å². The molecule has 0 saturated heterocycles. The maximum absolute atomic E-state index is 5.11. The fourth-order valence-electron chi connectivity index (χ4n) is 0.923. The van der Waals surface area contributed by atoms with Gasteiger partial charge in [0.15, 0.2) is 5.76 Å². The quantitative estimate of drug-likeness (QED) is 0.647. The molecule has 0 N–H and O–H groups in total. The summed E-state index contributed by atoms with van der Waals surface area (Å²) in [5.74, 6) is 0.843. The lowest BCUT2D eigenvalue weighted by atomic mass is 10.2. The van der Waals surface area contributed by atoms with E-state index in [4.69, 9.17) is 4.52 Å². The molecular weight excluding hydrogens is 162 g/mol. The van der Waals surface area contributed by atoms with Gasteiger partial charge in [0.25, 0.3) is 0 Å². The summed E-state index contributed by atoms with van der Waals surface area (Å²) < 4.78 is 5.11. The van der Waals surface area contributed by atoms with Gasteiger partial charge in [-0.25, -0.2) is 0 Å². The molecule has 0 aliphatic carbocycles. The minimum atomic E-state index is 0.843. The van der Waals surface area contributed by atoms with Crippen molar-refractivity contribution in [2.75, 3.05) is 0 Å². The lowest BCUT2D eigenvalue weighted by Gasteiger charge is -1.91. The summed E-state index contributed by atoms with van der Waals surface area (Å²) in [6.07, 6.45) is 4.10. The van der Waals surface area contributed by atoms with Crippen molar-refractivity contribution in [1.29, 1.82) is 0 Å². The first kappa shape index (κ1) is 9.78. The van der Waals surface area contributed by atoms with Crippen molar-refractivity contribution < 1.29 is 4.52 Å². The van der Waals surface area contributed by atoms with Crippen molar-refractivity contribution in [3.8, 4) is 0 Å². The number of aryl methyl sites for hydroxylation is 1. The highest BCUT2D eigenvalue weighted by molar-refractivity contribution is 5.60. The summed E-state index contributed by atoms with van der Waals surface area (Å²) in [7, 11) is 0. The minimum absolute atomic E-state index is 0.843. The predicted molar refractivity (Wildman–Crippen MR) is 54.3 cm³/mol. The van der Waals surface area contributed by atoms with Crippen molar-refractivity contribution in [1.82, 2.24) is 5.16 Å². The first-order chi connectivity index (χ1) is 6.09. The van der Waals surface area contributed by atoms with E-state index in [-0.39, 0.29) is 0 Å². The molecule has 0 atom stereocenters. The molecule has 1 aromatic heterocycles. The summed E-state index contributed by atoms with van der Waals surface area (Å²) >= 11 is 0. The Morgan fingerprint density at radius 1 is 1.31 bits per heavy atom. The van der Waals surface area contributed by atoms with Gasteiger partial charge < -0.3 is 4.52 Å². The summed E-state index contributed by atoms with van der Waals surface area (Å²) in [6, 6.07) is 1.94. The van der Waals surface area contributed by atoms with Crippen molar-refractivity contribution in [3.63, 3.8) is 0 Å². The summed E-state index contributed by atoms with van der Waals surface area (Å²) in [6.45, 7) is 8.06. The molecule has 0 aromatic carbocycles. The Labute approximate surface area is 78.9 Å². The second-order valence-corrected chi connectivity index (χ2v) is 3.43. The summed E-state index contributed by atoms with van der Waals surface area (Å²) in [5.41, 5.74) is 3.29. The number of aromatic nitrogens is 1. The molecule has 0 saturated carbocycles. The fraction of sp³-hybridized carbons (Fsp3) is 0.364. The second-order valence-electron chi connectivity index (χ2n) is 3.43. The normalized spacial score (nSPS) is 11.5. The Kier molecular flexibility index (Phi) is 3.07. The minimum Gasteiger partial charge on any atom is -0.356 e. The van der Waals surface area contributed by atoms with Crippen LogP contribution < -0.4 is 0 Å². The molecule has 0 unspecified atom stereocenters. The molecule has 13 heavy (non-hydrogen) atoms. The Bertz CT molecular complexity index is 341. The molecule has 0 fully saturated rings. The van der Waals surface area contributed by atoms with Crippen molar-refractivity contribution in [2.24, 2.45) is 0 Å². The van der Waals surface area contributed by atoms with Gasteiger partial charge in [-0.2, -0.15) is 0 Å². The van der Waals surface area contributed by atoms with E-state index >= 15 is 0 Å². The molecular formula is C11H15NO. The average Bonchev–Trinajstić information content (AvgIpc) is 2.47. The Balaban J connectivity index is 2.85. The van der Waals surface area contributed by atoms with Gasteiger partial charge in [-0.05, 0) is 33.3 Å². The van der Waals surface area contributed by atoms with Gasteiger partial charge in [0.1, 0.15) is 0 Å². The highest BCUT2D eigenvalue weighted by Crippen LogP contribution is 2.14.